The van der Waals surface area contributed by atoms with Gasteiger partial charge in [-0.3, -0.25) is 4.72 Å². The fourth-order valence-electron chi connectivity index (χ4n) is 4.20. The molecule has 0 amide bonds. The molecule has 1 aliphatic rings. The van der Waals surface area contributed by atoms with Gasteiger partial charge >= 0.3 is 0 Å². The molecular formula is C24H28FN3O3S2. The van der Waals surface area contributed by atoms with E-state index in [0.29, 0.717) is 39.5 Å². The van der Waals surface area contributed by atoms with E-state index < -0.39 is 10.0 Å². The zero-order valence-corrected chi connectivity index (χ0v) is 20.7. The van der Waals surface area contributed by atoms with Crippen LogP contribution in [0.4, 0.5) is 15.8 Å². The fourth-order valence-corrected chi connectivity index (χ4v) is 6.83. The first-order chi connectivity index (χ1) is 15.7. The third-order valence-corrected chi connectivity index (χ3v) is 8.74. The van der Waals surface area contributed by atoms with Gasteiger partial charge in [-0.05, 0) is 56.7 Å². The highest BCUT2D eigenvalue weighted by atomic mass is 32.2. The Kier molecular flexibility index (Phi) is 6.65. The molecule has 1 saturated heterocycles. The zero-order chi connectivity index (χ0) is 23.8. The van der Waals surface area contributed by atoms with Crippen LogP contribution in [0.2, 0.25) is 0 Å². The predicted molar refractivity (Wildman–Crippen MR) is 133 cm³/mol. The third-order valence-electron chi connectivity index (χ3n) is 5.63. The molecule has 2 aromatic carbocycles. The lowest BCUT2D eigenvalue weighted by atomic mass is 10.1. The maximum atomic E-state index is 14.3. The quantitative estimate of drug-likeness (QED) is 0.518. The summed E-state index contributed by atoms with van der Waals surface area (Å²) in [7, 11) is -2.39. The van der Waals surface area contributed by atoms with E-state index in [2.05, 4.69) is 28.8 Å². The van der Waals surface area contributed by atoms with E-state index >= 15 is 0 Å². The Hall–Kier alpha value is -2.62. The molecule has 9 heteroatoms. The number of sulfonamides is 1. The van der Waals surface area contributed by atoms with E-state index in [4.69, 9.17) is 4.74 Å². The number of ether oxygens (including phenoxy) is 1. The first-order valence-electron chi connectivity index (χ1n) is 10.7. The van der Waals surface area contributed by atoms with Gasteiger partial charge < -0.3 is 15.0 Å². The van der Waals surface area contributed by atoms with Crippen LogP contribution in [0.1, 0.15) is 19.4 Å². The van der Waals surface area contributed by atoms with E-state index in [9.17, 15) is 12.8 Å². The van der Waals surface area contributed by atoms with Crippen molar-refractivity contribution in [2.75, 3.05) is 29.8 Å². The van der Waals surface area contributed by atoms with Crippen molar-refractivity contribution in [1.29, 1.82) is 0 Å². The van der Waals surface area contributed by atoms with Gasteiger partial charge in [0.1, 0.15) is 15.8 Å². The van der Waals surface area contributed by atoms with Gasteiger partial charge in [-0.15, -0.1) is 11.3 Å². The summed E-state index contributed by atoms with van der Waals surface area (Å²) in [5.41, 5.74) is 2.38. The molecule has 6 nitrogen and oxygen atoms in total. The molecule has 2 N–H and O–H groups in total. The minimum absolute atomic E-state index is 0.120. The number of hydrogen-bond acceptors (Lipinski definition) is 6. The van der Waals surface area contributed by atoms with E-state index in [1.807, 2.05) is 6.07 Å². The molecule has 3 aromatic rings. The third kappa shape index (κ3) is 5.00. The van der Waals surface area contributed by atoms with Crippen LogP contribution in [-0.4, -0.2) is 40.7 Å². The summed E-state index contributed by atoms with van der Waals surface area (Å²) in [5, 5.41) is 3.50. The average Bonchev–Trinajstić information content (AvgIpc) is 3.15. The topological polar surface area (TPSA) is 70.7 Å². The minimum atomic E-state index is -3.90. The van der Waals surface area contributed by atoms with Crippen LogP contribution in [0.5, 0.6) is 5.75 Å². The molecule has 2 heterocycles. The van der Waals surface area contributed by atoms with Crippen LogP contribution in [0.3, 0.4) is 0 Å². The van der Waals surface area contributed by atoms with Gasteiger partial charge in [-0.25, -0.2) is 12.8 Å². The summed E-state index contributed by atoms with van der Waals surface area (Å²) in [4.78, 5) is 2.83. The summed E-state index contributed by atoms with van der Waals surface area (Å²) >= 11 is 1.05. The van der Waals surface area contributed by atoms with Crippen molar-refractivity contribution in [2.24, 2.45) is 0 Å². The van der Waals surface area contributed by atoms with Crippen LogP contribution < -0.4 is 19.7 Å². The molecule has 0 radical (unpaired) electrons. The maximum Gasteiger partial charge on any atom is 0.271 e. The van der Waals surface area contributed by atoms with Crippen molar-refractivity contribution in [3.63, 3.8) is 0 Å². The Morgan fingerprint density at radius 1 is 1.12 bits per heavy atom. The molecule has 4 rings (SSSR count). The number of thiophene rings is 1. The molecule has 0 saturated carbocycles. The Morgan fingerprint density at radius 2 is 1.82 bits per heavy atom. The number of benzene rings is 2. The Morgan fingerprint density at radius 3 is 2.48 bits per heavy atom. The second-order valence-electron chi connectivity index (χ2n) is 8.42. The summed E-state index contributed by atoms with van der Waals surface area (Å²) in [6, 6.07) is 14.1. The van der Waals surface area contributed by atoms with Gasteiger partial charge in [0.25, 0.3) is 10.0 Å². The molecule has 0 aliphatic carbocycles. The van der Waals surface area contributed by atoms with Crippen molar-refractivity contribution >= 4 is 32.7 Å². The number of nitrogens with zero attached hydrogens (tertiary/aromatic N) is 1. The van der Waals surface area contributed by atoms with Crippen LogP contribution in [0.25, 0.3) is 10.4 Å². The van der Waals surface area contributed by atoms with Crippen LogP contribution in [0.15, 0.2) is 52.7 Å². The first kappa shape index (κ1) is 23.5. The predicted octanol–water partition coefficient (Wildman–Crippen LogP) is 4.86. The van der Waals surface area contributed by atoms with E-state index in [1.165, 1.54) is 13.2 Å². The molecule has 176 valence electrons. The lowest BCUT2D eigenvalue weighted by molar-refractivity contribution is 0.406. The number of hydrogen-bond donors (Lipinski definition) is 2. The van der Waals surface area contributed by atoms with Crippen LogP contribution in [-0.2, 0) is 10.0 Å². The molecule has 0 bridgehead atoms. The van der Waals surface area contributed by atoms with Gasteiger partial charge in [-0.1, -0.05) is 18.2 Å². The van der Waals surface area contributed by atoms with Gasteiger partial charge in [0.05, 0.1) is 12.8 Å². The molecule has 1 aliphatic heterocycles. The van der Waals surface area contributed by atoms with Gasteiger partial charge in [-0.2, -0.15) is 0 Å². The molecule has 0 spiro atoms. The lowest BCUT2D eigenvalue weighted by Gasteiger charge is -2.38. The Labute approximate surface area is 198 Å². The molecule has 1 aromatic heterocycles. The summed E-state index contributed by atoms with van der Waals surface area (Å²) in [6.45, 7) is 7.67. The second-order valence-corrected chi connectivity index (χ2v) is 11.4. The molecular weight excluding hydrogens is 461 g/mol. The number of halogens is 1. The highest BCUT2D eigenvalue weighted by Crippen LogP contribution is 2.38. The van der Waals surface area contributed by atoms with Crippen molar-refractivity contribution in [3.05, 3.63) is 59.9 Å². The molecule has 0 unspecified atom stereocenters. The monoisotopic (exact) mass is 489 g/mol. The smallest absolute Gasteiger partial charge is 0.271 e. The Balaban J connectivity index is 1.66. The number of rotatable bonds is 6. The summed E-state index contributed by atoms with van der Waals surface area (Å²) < 4.78 is 49.1. The number of aryl methyl sites for hydroxylation is 1. The van der Waals surface area contributed by atoms with Crippen molar-refractivity contribution < 1.29 is 17.5 Å². The first-order valence-corrected chi connectivity index (χ1v) is 13.0. The number of nitrogens with one attached hydrogen (secondary N) is 2. The second kappa shape index (κ2) is 9.32. The highest BCUT2D eigenvalue weighted by Gasteiger charge is 2.25. The van der Waals surface area contributed by atoms with Crippen molar-refractivity contribution in [2.45, 2.75) is 37.1 Å². The van der Waals surface area contributed by atoms with Crippen LogP contribution >= 0.6 is 11.3 Å². The normalized spacial score (nSPS) is 18.9. The largest absolute Gasteiger partial charge is 0.495 e. The number of anilines is 2. The van der Waals surface area contributed by atoms with Crippen molar-refractivity contribution in [1.82, 2.24) is 5.32 Å². The molecule has 2 atom stereocenters. The minimum Gasteiger partial charge on any atom is -0.495 e. The standard InChI is InChI=1S/C24H28FN3O3S2/c1-15-11-23(32-24(15)19-7-5-6-8-20(19)25)33(29,30)27-21-12-18(9-10-22(21)31-4)28-13-16(2)26-17(3)14-28/h5-12,16-17,26-27H,13-14H2,1-4H3/t16-,17+. The lowest BCUT2D eigenvalue weighted by Crippen LogP contribution is -2.54. The van der Waals surface area contributed by atoms with Gasteiger partial charge in [0.15, 0.2) is 0 Å². The van der Waals surface area contributed by atoms with Crippen LogP contribution in [0, 0.1) is 12.7 Å². The SMILES string of the molecule is COc1ccc(N2C[C@@H](C)N[C@@H](C)C2)cc1NS(=O)(=O)c1cc(C)c(-c2ccccc2F)s1. The summed E-state index contributed by atoms with van der Waals surface area (Å²) in [5.74, 6) is 0.0503. The average molecular weight is 490 g/mol. The zero-order valence-electron chi connectivity index (χ0n) is 19.1. The van der Waals surface area contributed by atoms with Crippen molar-refractivity contribution in [3.8, 4) is 16.2 Å². The number of piperazine rings is 1. The van der Waals surface area contributed by atoms with Gasteiger partial charge in [0.2, 0.25) is 0 Å². The van der Waals surface area contributed by atoms with E-state index in [1.54, 1.807) is 43.3 Å². The fraction of sp³-hybridized carbons (Fsp3) is 0.333. The Bertz CT molecular complexity index is 1250. The maximum absolute atomic E-state index is 14.3. The van der Waals surface area contributed by atoms with E-state index in [0.717, 1.165) is 30.1 Å². The summed E-state index contributed by atoms with van der Waals surface area (Å²) in [6.07, 6.45) is 0. The molecule has 1 fully saturated rings. The van der Waals surface area contributed by atoms with E-state index in [-0.39, 0.29) is 10.0 Å². The number of methoxy groups -OCH3 is 1. The molecule has 33 heavy (non-hydrogen) atoms. The highest BCUT2D eigenvalue weighted by molar-refractivity contribution is 7.94. The van der Waals surface area contributed by atoms with Gasteiger partial charge in [0, 0.05) is 41.3 Å².